The van der Waals surface area contributed by atoms with E-state index in [9.17, 15) is 13.4 Å². The fraction of sp³-hybridized carbons (Fsp3) is 0.500. The van der Waals surface area contributed by atoms with Gasteiger partial charge >= 0.3 is 0 Å². The van der Waals surface area contributed by atoms with Crippen LogP contribution in [0.1, 0.15) is 36.0 Å². The molecular formula is C14H15FO2S. The molecule has 0 aromatic heterocycles. The Morgan fingerprint density at radius 3 is 2.50 bits per heavy atom. The maximum Gasteiger partial charge on any atom is 0.166 e. The predicted octanol–water partition coefficient (Wildman–Crippen LogP) is 2.70. The van der Waals surface area contributed by atoms with E-state index in [4.69, 9.17) is 0 Å². The van der Waals surface area contributed by atoms with Crippen LogP contribution in [0.4, 0.5) is 4.39 Å². The van der Waals surface area contributed by atoms with Gasteiger partial charge in [-0.1, -0.05) is 12.1 Å². The third-order valence-corrected chi connectivity index (χ3v) is 6.21. The first-order valence-corrected chi connectivity index (χ1v) is 7.62. The number of hydrogen-bond acceptors (Lipinski definition) is 2. The van der Waals surface area contributed by atoms with E-state index in [1.165, 1.54) is 12.1 Å². The van der Waals surface area contributed by atoms with Crippen LogP contribution in [0.3, 0.4) is 0 Å². The highest BCUT2D eigenvalue weighted by molar-refractivity contribution is 7.86. The summed E-state index contributed by atoms with van der Waals surface area (Å²) in [6, 6.07) is 5.88. The van der Waals surface area contributed by atoms with Crippen molar-refractivity contribution in [1.82, 2.24) is 0 Å². The van der Waals surface area contributed by atoms with Gasteiger partial charge in [-0.3, -0.25) is 9.00 Å². The van der Waals surface area contributed by atoms with E-state index in [0.29, 0.717) is 18.4 Å². The molecule has 0 N–H and O–H groups in total. The molecule has 2 saturated heterocycles. The van der Waals surface area contributed by atoms with Crippen LogP contribution in [0, 0.1) is 11.7 Å². The Balaban J connectivity index is 1.80. The fourth-order valence-corrected chi connectivity index (χ4v) is 5.25. The number of halogens is 1. The van der Waals surface area contributed by atoms with Gasteiger partial charge in [0.25, 0.3) is 0 Å². The molecule has 2 heterocycles. The number of carbonyl (C=O) groups is 1. The van der Waals surface area contributed by atoms with Crippen molar-refractivity contribution in [3.05, 3.63) is 35.6 Å². The Labute approximate surface area is 108 Å². The molecule has 0 saturated carbocycles. The highest BCUT2D eigenvalue weighted by Crippen LogP contribution is 2.39. The molecule has 0 aliphatic carbocycles. The minimum absolute atomic E-state index is 0.0168. The van der Waals surface area contributed by atoms with Crippen LogP contribution in [0.5, 0.6) is 0 Å². The third-order valence-electron chi connectivity index (χ3n) is 4.04. The number of ketones is 1. The van der Waals surface area contributed by atoms with Gasteiger partial charge in [0.1, 0.15) is 5.82 Å². The maximum absolute atomic E-state index is 13.1. The van der Waals surface area contributed by atoms with Gasteiger partial charge in [0.15, 0.2) is 5.78 Å². The summed E-state index contributed by atoms with van der Waals surface area (Å²) in [4.78, 5) is 12.3. The Morgan fingerprint density at radius 2 is 1.89 bits per heavy atom. The molecule has 0 amide bonds. The first kappa shape index (κ1) is 12.0. The molecule has 1 aromatic rings. The lowest BCUT2D eigenvalue weighted by atomic mass is 9.90. The summed E-state index contributed by atoms with van der Waals surface area (Å²) >= 11 is 0. The van der Waals surface area contributed by atoms with Crippen LogP contribution in [0.2, 0.25) is 0 Å². The van der Waals surface area contributed by atoms with Gasteiger partial charge in [-0.25, -0.2) is 4.39 Å². The number of hydrogen-bond donors (Lipinski definition) is 0. The van der Waals surface area contributed by atoms with Crippen molar-refractivity contribution in [3.8, 4) is 0 Å². The van der Waals surface area contributed by atoms with Gasteiger partial charge in [0, 0.05) is 32.8 Å². The van der Waals surface area contributed by atoms with Crippen LogP contribution < -0.4 is 0 Å². The van der Waals surface area contributed by atoms with Crippen LogP contribution in [0.15, 0.2) is 24.3 Å². The normalized spacial score (nSPS) is 34.5. The number of Topliss-reactive ketones (excluding diaryl/α,β-unsaturated/α-hetero) is 1. The molecule has 3 rings (SSSR count). The topological polar surface area (TPSA) is 34.1 Å². The zero-order valence-electron chi connectivity index (χ0n) is 9.97. The Morgan fingerprint density at radius 1 is 1.22 bits per heavy atom. The molecule has 0 radical (unpaired) electrons. The second kappa shape index (κ2) is 4.57. The smallest absolute Gasteiger partial charge is 0.166 e. The van der Waals surface area contributed by atoms with E-state index in [2.05, 4.69) is 0 Å². The molecule has 2 aliphatic rings. The van der Waals surface area contributed by atoms with Crippen molar-refractivity contribution in [1.29, 1.82) is 0 Å². The van der Waals surface area contributed by atoms with E-state index in [1.54, 1.807) is 12.1 Å². The zero-order chi connectivity index (χ0) is 12.7. The second-order valence-corrected chi connectivity index (χ2v) is 7.18. The lowest BCUT2D eigenvalue weighted by molar-refractivity contribution is 0.0905. The minimum atomic E-state index is -0.743. The molecule has 0 spiro atoms. The Kier molecular flexibility index (Phi) is 3.06. The van der Waals surface area contributed by atoms with Crippen molar-refractivity contribution in [3.63, 3.8) is 0 Å². The van der Waals surface area contributed by atoms with E-state index < -0.39 is 10.8 Å². The SMILES string of the molecule is O=C(c1cccc(F)c1)C1CC2CCC(C1)S2=O. The van der Waals surface area contributed by atoms with Gasteiger partial charge in [0.2, 0.25) is 0 Å². The number of rotatable bonds is 2. The second-order valence-electron chi connectivity index (χ2n) is 5.19. The summed E-state index contributed by atoms with van der Waals surface area (Å²) < 4.78 is 25.0. The van der Waals surface area contributed by atoms with Crippen LogP contribution in [-0.4, -0.2) is 20.5 Å². The standard InChI is InChI=1S/C14H15FO2S/c15-11-3-1-2-9(6-11)14(16)10-7-12-4-5-13(8-10)18(12)17/h1-3,6,10,12-13H,4-5,7-8H2. The molecule has 18 heavy (non-hydrogen) atoms. The van der Waals surface area contributed by atoms with Gasteiger partial charge in [-0.15, -0.1) is 0 Å². The summed E-state index contributed by atoms with van der Waals surface area (Å²) in [6.45, 7) is 0. The van der Waals surface area contributed by atoms with Gasteiger partial charge in [-0.05, 0) is 37.8 Å². The first-order chi connectivity index (χ1) is 8.65. The van der Waals surface area contributed by atoms with Crippen molar-refractivity contribution in [2.75, 3.05) is 0 Å². The maximum atomic E-state index is 13.1. The van der Waals surface area contributed by atoms with E-state index in [1.807, 2.05) is 0 Å². The van der Waals surface area contributed by atoms with Crippen molar-refractivity contribution < 1.29 is 13.4 Å². The van der Waals surface area contributed by atoms with Gasteiger partial charge < -0.3 is 0 Å². The molecular weight excluding hydrogens is 251 g/mol. The quantitative estimate of drug-likeness (QED) is 0.771. The third kappa shape index (κ3) is 2.03. The van der Waals surface area contributed by atoms with Crippen molar-refractivity contribution >= 4 is 16.6 Å². The first-order valence-electron chi connectivity index (χ1n) is 6.34. The van der Waals surface area contributed by atoms with E-state index >= 15 is 0 Å². The zero-order valence-corrected chi connectivity index (χ0v) is 10.8. The van der Waals surface area contributed by atoms with Crippen molar-refractivity contribution in [2.45, 2.75) is 36.2 Å². The molecule has 2 unspecified atom stereocenters. The molecule has 2 bridgehead atoms. The lowest BCUT2D eigenvalue weighted by Gasteiger charge is -2.26. The van der Waals surface area contributed by atoms with Crippen molar-refractivity contribution in [2.24, 2.45) is 5.92 Å². The number of fused-ring (bicyclic) bond motifs is 2. The van der Waals surface area contributed by atoms with E-state index in [-0.39, 0.29) is 28.0 Å². The summed E-state index contributed by atoms with van der Waals surface area (Å²) in [7, 11) is -0.743. The Hall–Kier alpha value is -1.03. The summed E-state index contributed by atoms with van der Waals surface area (Å²) in [5.41, 5.74) is 0.451. The molecule has 4 heteroatoms. The predicted molar refractivity (Wildman–Crippen MR) is 68.4 cm³/mol. The molecule has 1 aromatic carbocycles. The Bertz CT molecular complexity index is 498. The van der Waals surface area contributed by atoms with Crippen LogP contribution in [-0.2, 0) is 10.8 Å². The monoisotopic (exact) mass is 266 g/mol. The molecule has 2 aliphatic heterocycles. The molecule has 96 valence electrons. The largest absolute Gasteiger partial charge is 0.294 e. The highest BCUT2D eigenvalue weighted by atomic mass is 32.2. The van der Waals surface area contributed by atoms with Gasteiger partial charge in [0.05, 0.1) is 0 Å². The fourth-order valence-electron chi connectivity index (χ4n) is 3.12. The lowest BCUT2D eigenvalue weighted by Crippen LogP contribution is -2.32. The molecule has 2 atom stereocenters. The summed E-state index contributed by atoms with van der Waals surface area (Å²) in [5.74, 6) is -0.423. The van der Waals surface area contributed by atoms with Gasteiger partial charge in [-0.2, -0.15) is 0 Å². The average molecular weight is 266 g/mol. The average Bonchev–Trinajstić information content (AvgIpc) is 2.61. The summed E-state index contributed by atoms with van der Waals surface area (Å²) in [6.07, 6.45) is 3.37. The minimum Gasteiger partial charge on any atom is -0.294 e. The van der Waals surface area contributed by atoms with E-state index in [0.717, 1.165) is 12.8 Å². The van der Waals surface area contributed by atoms with Crippen LogP contribution in [0.25, 0.3) is 0 Å². The molecule has 2 nitrogen and oxygen atoms in total. The number of benzene rings is 1. The van der Waals surface area contributed by atoms with Crippen LogP contribution >= 0.6 is 0 Å². The molecule has 2 fully saturated rings. The summed E-state index contributed by atoms with van der Waals surface area (Å²) in [5, 5.41) is 0.373. The number of carbonyl (C=O) groups excluding carboxylic acids is 1. The highest BCUT2D eigenvalue weighted by Gasteiger charge is 2.42.